The molecule has 2 aromatic carbocycles. The van der Waals surface area contributed by atoms with Gasteiger partial charge in [0, 0.05) is 17.7 Å². The van der Waals surface area contributed by atoms with Crippen molar-refractivity contribution in [2.75, 3.05) is 5.73 Å². The van der Waals surface area contributed by atoms with E-state index in [2.05, 4.69) is 12.2 Å². The van der Waals surface area contributed by atoms with Crippen LogP contribution in [0.5, 0.6) is 0 Å². The van der Waals surface area contributed by atoms with Crippen LogP contribution >= 0.6 is 0 Å². The maximum atomic E-state index is 14.5. The first-order valence-electron chi connectivity index (χ1n) is 14.2. The number of hydrogen-bond donors (Lipinski definition) is 3. The number of Topliss-reactive ketones (excluding diaryl/α,β-unsaturated/α-hetero) is 2. The first-order valence-corrected chi connectivity index (χ1v) is 14.2. The van der Waals surface area contributed by atoms with Crippen LogP contribution in [0.1, 0.15) is 123 Å². The second-order valence-corrected chi connectivity index (χ2v) is 11.0. The van der Waals surface area contributed by atoms with Gasteiger partial charge >= 0.3 is 5.97 Å². The molecule has 2 aromatic rings. The largest absolute Gasteiger partial charge is 0.480 e. The van der Waals surface area contributed by atoms with Gasteiger partial charge in [-0.1, -0.05) is 103 Å². The molecular formula is C32H42N2O5. The summed E-state index contributed by atoms with van der Waals surface area (Å²) >= 11 is 0. The Kier molecular flexibility index (Phi) is 9.70. The Morgan fingerprint density at radius 1 is 0.949 bits per heavy atom. The fourth-order valence-electron chi connectivity index (χ4n) is 5.84. The van der Waals surface area contributed by atoms with Crippen molar-refractivity contribution in [2.24, 2.45) is 0 Å². The normalized spacial score (nSPS) is 18.2. The minimum absolute atomic E-state index is 0.000784. The third kappa shape index (κ3) is 5.36. The van der Waals surface area contributed by atoms with Gasteiger partial charge in [-0.25, -0.2) is 0 Å². The minimum atomic E-state index is -2.36. The van der Waals surface area contributed by atoms with Crippen molar-refractivity contribution in [3.05, 3.63) is 64.7 Å². The van der Waals surface area contributed by atoms with E-state index in [0.717, 1.165) is 31.2 Å². The topological polar surface area (TPSA) is 127 Å². The van der Waals surface area contributed by atoms with Crippen LogP contribution in [0.3, 0.4) is 0 Å². The number of carboxylic acids is 1. The SMILES string of the molecule is CCCCCCC(=O)NC1(C(CCCCC)(C(=O)O)c2cccc(C(C)C)c2)C(=O)c2cccc(N)c2C1=O. The molecule has 1 amide bonds. The standard InChI is InChI=1S/C32H42N2O5/c1-5-7-9-10-18-26(35)34-32(28(36)24-16-13-17-25(33)27(24)29(32)37)31(30(38)39,19-11-8-6-2)23-15-12-14-22(20-23)21(3)4/h12-17,20-21H,5-11,18-19,33H2,1-4H3,(H,34,35)(H,38,39). The number of carboxylic acid groups (broad SMARTS) is 1. The molecule has 7 heteroatoms. The van der Waals surface area contributed by atoms with E-state index in [-0.39, 0.29) is 35.6 Å². The van der Waals surface area contributed by atoms with Crippen LogP contribution in [0.25, 0.3) is 0 Å². The maximum Gasteiger partial charge on any atom is 0.317 e. The second kappa shape index (κ2) is 12.6. The average molecular weight is 535 g/mol. The molecule has 7 nitrogen and oxygen atoms in total. The Bertz CT molecular complexity index is 1240. The summed E-state index contributed by atoms with van der Waals surface area (Å²) in [5, 5.41) is 13.9. The maximum absolute atomic E-state index is 14.5. The third-order valence-corrected chi connectivity index (χ3v) is 8.04. The van der Waals surface area contributed by atoms with Crippen molar-refractivity contribution in [3.63, 3.8) is 0 Å². The molecule has 2 unspecified atom stereocenters. The molecule has 3 rings (SSSR count). The van der Waals surface area contributed by atoms with Crippen molar-refractivity contribution in [2.45, 2.75) is 102 Å². The Balaban J connectivity index is 2.33. The Morgan fingerprint density at radius 3 is 2.23 bits per heavy atom. The summed E-state index contributed by atoms with van der Waals surface area (Å²) in [6, 6.07) is 11.7. The van der Waals surface area contributed by atoms with E-state index in [1.807, 2.05) is 26.8 Å². The quantitative estimate of drug-likeness (QED) is 0.150. The number of unbranched alkanes of at least 4 members (excludes halogenated alkanes) is 5. The summed E-state index contributed by atoms with van der Waals surface area (Å²) in [4.78, 5) is 55.9. The van der Waals surface area contributed by atoms with Gasteiger partial charge in [-0.2, -0.15) is 0 Å². The molecule has 0 bridgehead atoms. The fraction of sp³-hybridized carbons (Fsp3) is 0.500. The zero-order valence-corrected chi connectivity index (χ0v) is 23.6. The van der Waals surface area contributed by atoms with Crippen LogP contribution in [0, 0.1) is 0 Å². The number of nitrogens with one attached hydrogen (secondary N) is 1. The van der Waals surface area contributed by atoms with E-state index < -0.39 is 34.4 Å². The number of rotatable bonds is 14. The second-order valence-electron chi connectivity index (χ2n) is 11.0. The van der Waals surface area contributed by atoms with Gasteiger partial charge in [-0.3, -0.25) is 19.2 Å². The van der Waals surface area contributed by atoms with Gasteiger partial charge in [0.05, 0.1) is 5.56 Å². The van der Waals surface area contributed by atoms with Crippen LogP contribution in [0.4, 0.5) is 5.69 Å². The van der Waals surface area contributed by atoms with Crippen LogP contribution in [-0.4, -0.2) is 34.1 Å². The summed E-state index contributed by atoms with van der Waals surface area (Å²) in [6.45, 7) is 8.05. The van der Waals surface area contributed by atoms with Gasteiger partial charge < -0.3 is 16.2 Å². The first-order chi connectivity index (χ1) is 18.6. The third-order valence-electron chi connectivity index (χ3n) is 8.04. The number of amides is 1. The predicted molar refractivity (Wildman–Crippen MR) is 153 cm³/mol. The Labute approximate surface area is 231 Å². The molecule has 4 N–H and O–H groups in total. The van der Waals surface area contributed by atoms with Crippen molar-refractivity contribution in [3.8, 4) is 0 Å². The van der Waals surface area contributed by atoms with Crippen LogP contribution < -0.4 is 11.1 Å². The molecule has 0 saturated heterocycles. The lowest BCUT2D eigenvalue weighted by atomic mass is 9.59. The van der Waals surface area contributed by atoms with Gasteiger partial charge in [0.1, 0.15) is 5.41 Å². The summed E-state index contributed by atoms with van der Waals surface area (Å²) in [6.07, 6.45) is 5.40. The molecule has 39 heavy (non-hydrogen) atoms. The smallest absolute Gasteiger partial charge is 0.317 e. The number of fused-ring (bicyclic) bond motifs is 1. The number of carbonyl (C=O) groups is 4. The van der Waals surface area contributed by atoms with Crippen LogP contribution in [0.15, 0.2) is 42.5 Å². The lowest BCUT2D eigenvalue weighted by Crippen LogP contribution is -2.71. The highest BCUT2D eigenvalue weighted by Crippen LogP contribution is 2.49. The van der Waals surface area contributed by atoms with E-state index >= 15 is 0 Å². The van der Waals surface area contributed by atoms with Crippen molar-refractivity contribution < 1.29 is 24.3 Å². The monoisotopic (exact) mass is 534 g/mol. The number of nitrogen functional groups attached to an aromatic ring is 1. The number of anilines is 1. The van der Waals surface area contributed by atoms with E-state index in [0.29, 0.717) is 24.8 Å². The van der Waals surface area contributed by atoms with Crippen molar-refractivity contribution in [1.29, 1.82) is 0 Å². The number of carbonyl (C=O) groups excluding carboxylic acids is 3. The highest BCUT2D eigenvalue weighted by atomic mass is 16.4. The molecule has 2 atom stereocenters. The average Bonchev–Trinajstić information content (AvgIpc) is 3.12. The molecular weight excluding hydrogens is 492 g/mol. The lowest BCUT2D eigenvalue weighted by Gasteiger charge is -2.44. The molecule has 0 spiro atoms. The number of aliphatic carboxylic acids is 1. The lowest BCUT2D eigenvalue weighted by molar-refractivity contribution is -0.147. The molecule has 0 fully saturated rings. The number of nitrogens with two attached hydrogens (primary N) is 1. The van der Waals surface area contributed by atoms with E-state index in [1.54, 1.807) is 24.3 Å². The zero-order valence-electron chi connectivity index (χ0n) is 23.6. The van der Waals surface area contributed by atoms with E-state index in [1.165, 1.54) is 12.1 Å². The molecule has 1 aliphatic rings. The fourth-order valence-corrected chi connectivity index (χ4v) is 5.84. The molecule has 0 saturated carbocycles. The highest BCUT2D eigenvalue weighted by Gasteiger charge is 2.70. The summed E-state index contributed by atoms with van der Waals surface area (Å²) < 4.78 is 0. The number of hydrogen-bond acceptors (Lipinski definition) is 5. The summed E-state index contributed by atoms with van der Waals surface area (Å²) in [5.74, 6) is -3.22. The van der Waals surface area contributed by atoms with Crippen LogP contribution in [-0.2, 0) is 15.0 Å². The first kappa shape index (κ1) is 30.1. The van der Waals surface area contributed by atoms with Crippen molar-refractivity contribution in [1.82, 2.24) is 5.32 Å². The van der Waals surface area contributed by atoms with Crippen molar-refractivity contribution >= 4 is 29.1 Å². The Hall–Kier alpha value is -3.48. The zero-order chi connectivity index (χ0) is 28.8. The van der Waals surface area contributed by atoms with Crippen LogP contribution in [0.2, 0.25) is 0 Å². The summed E-state index contributed by atoms with van der Waals surface area (Å²) in [7, 11) is 0. The predicted octanol–water partition coefficient (Wildman–Crippen LogP) is 6.20. The van der Waals surface area contributed by atoms with Gasteiger partial charge in [0.25, 0.3) is 0 Å². The summed E-state index contributed by atoms with van der Waals surface area (Å²) in [5.41, 5.74) is 3.14. The van der Waals surface area contributed by atoms with Gasteiger partial charge in [-0.05, 0) is 36.0 Å². The van der Waals surface area contributed by atoms with E-state index in [4.69, 9.17) is 5.73 Å². The Morgan fingerprint density at radius 2 is 1.62 bits per heavy atom. The molecule has 0 aliphatic heterocycles. The minimum Gasteiger partial charge on any atom is -0.480 e. The van der Waals surface area contributed by atoms with Gasteiger partial charge in [0.2, 0.25) is 11.7 Å². The molecule has 1 aliphatic carbocycles. The van der Waals surface area contributed by atoms with E-state index in [9.17, 15) is 24.3 Å². The number of ketones is 2. The molecule has 210 valence electrons. The van der Waals surface area contributed by atoms with Gasteiger partial charge in [-0.15, -0.1) is 0 Å². The highest BCUT2D eigenvalue weighted by molar-refractivity contribution is 6.38. The van der Waals surface area contributed by atoms with Gasteiger partial charge in [0.15, 0.2) is 11.3 Å². The molecule has 0 radical (unpaired) electrons. The molecule has 0 heterocycles. The number of benzene rings is 2. The molecule has 0 aromatic heterocycles.